The van der Waals surface area contributed by atoms with Gasteiger partial charge in [0, 0.05) is 43.3 Å². The van der Waals surface area contributed by atoms with Crippen molar-refractivity contribution in [2.75, 3.05) is 31.1 Å². The lowest BCUT2D eigenvalue weighted by Gasteiger charge is -2.19. The molecule has 0 radical (unpaired) electrons. The fraction of sp³-hybridized carbons (Fsp3) is 0.391. The summed E-state index contributed by atoms with van der Waals surface area (Å²) in [6.45, 7) is 6.85. The van der Waals surface area contributed by atoms with Gasteiger partial charge in [0.15, 0.2) is 5.82 Å². The normalized spacial score (nSPS) is 14.8. The molecule has 0 bridgehead atoms. The standard InChI is InChI=1S/C23H27N5O3/c1-17(16-30-21-7-5-19(6-8-21)22-25-18(2)26-31-22)4-3-13-27-14-15-28(23(27)29)20-9-11-24-12-10-20/h5-12,17H,3-4,13-16H2,1-2H3. The number of nitrogens with zero attached hydrogens (tertiary/aromatic N) is 5. The molecular formula is C23H27N5O3. The number of pyridine rings is 1. The van der Waals surface area contributed by atoms with Crippen LogP contribution >= 0.6 is 0 Å². The summed E-state index contributed by atoms with van der Waals surface area (Å²) in [6.07, 6.45) is 5.38. The van der Waals surface area contributed by atoms with Gasteiger partial charge in [-0.15, -0.1) is 0 Å². The van der Waals surface area contributed by atoms with Crippen molar-refractivity contribution >= 4 is 11.7 Å². The van der Waals surface area contributed by atoms with E-state index in [4.69, 9.17) is 9.26 Å². The molecule has 1 atom stereocenters. The number of carbonyl (C=O) groups excluding carboxylic acids is 1. The van der Waals surface area contributed by atoms with Gasteiger partial charge in [0.25, 0.3) is 5.89 Å². The third kappa shape index (κ3) is 5.20. The molecular weight excluding hydrogens is 394 g/mol. The SMILES string of the molecule is Cc1noc(-c2ccc(OCC(C)CCCN3CCN(c4ccncc4)C3=O)cc2)n1. The van der Waals surface area contributed by atoms with Gasteiger partial charge < -0.3 is 14.2 Å². The second kappa shape index (κ2) is 9.59. The summed E-state index contributed by atoms with van der Waals surface area (Å²) < 4.78 is 11.1. The Hall–Kier alpha value is -3.42. The maximum Gasteiger partial charge on any atom is 0.324 e. The van der Waals surface area contributed by atoms with Crippen LogP contribution in [-0.2, 0) is 0 Å². The second-order valence-electron chi connectivity index (χ2n) is 7.86. The summed E-state index contributed by atoms with van der Waals surface area (Å²) in [5.41, 5.74) is 1.78. The highest BCUT2D eigenvalue weighted by Crippen LogP contribution is 2.22. The van der Waals surface area contributed by atoms with Gasteiger partial charge in [-0.25, -0.2) is 4.79 Å². The van der Waals surface area contributed by atoms with Gasteiger partial charge in [-0.05, 0) is 62.1 Å². The number of hydrogen-bond donors (Lipinski definition) is 0. The Kier molecular flexibility index (Phi) is 6.45. The van der Waals surface area contributed by atoms with E-state index < -0.39 is 0 Å². The van der Waals surface area contributed by atoms with E-state index in [-0.39, 0.29) is 6.03 Å². The number of aromatic nitrogens is 3. The first-order valence-corrected chi connectivity index (χ1v) is 10.6. The topological polar surface area (TPSA) is 84.6 Å². The van der Waals surface area contributed by atoms with E-state index in [0.717, 1.165) is 49.5 Å². The first-order chi connectivity index (χ1) is 15.1. The monoisotopic (exact) mass is 421 g/mol. The van der Waals surface area contributed by atoms with Gasteiger partial charge >= 0.3 is 6.03 Å². The lowest BCUT2D eigenvalue weighted by atomic mass is 10.1. The van der Waals surface area contributed by atoms with Crippen LogP contribution in [0, 0.1) is 12.8 Å². The maximum atomic E-state index is 12.6. The molecule has 1 aromatic carbocycles. The number of rotatable bonds is 9. The summed E-state index contributed by atoms with van der Waals surface area (Å²) in [6, 6.07) is 11.5. The number of ether oxygens (including phenoxy) is 1. The molecule has 2 aromatic heterocycles. The summed E-state index contributed by atoms with van der Waals surface area (Å²) in [5.74, 6) is 2.34. The van der Waals surface area contributed by atoms with Crippen LogP contribution in [0.1, 0.15) is 25.6 Å². The van der Waals surface area contributed by atoms with Crippen LogP contribution in [0.2, 0.25) is 0 Å². The Morgan fingerprint density at radius 2 is 1.90 bits per heavy atom. The summed E-state index contributed by atoms with van der Waals surface area (Å²) >= 11 is 0. The van der Waals surface area contributed by atoms with E-state index in [1.165, 1.54) is 0 Å². The average molecular weight is 422 g/mol. The van der Waals surface area contributed by atoms with E-state index in [2.05, 4.69) is 22.0 Å². The van der Waals surface area contributed by atoms with Crippen molar-refractivity contribution in [2.45, 2.75) is 26.7 Å². The molecule has 4 rings (SSSR count). The van der Waals surface area contributed by atoms with E-state index in [1.807, 2.05) is 46.2 Å². The van der Waals surface area contributed by atoms with Gasteiger partial charge in [-0.1, -0.05) is 12.1 Å². The maximum absolute atomic E-state index is 12.6. The van der Waals surface area contributed by atoms with E-state index >= 15 is 0 Å². The van der Waals surface area contributed by atoms with Crippen LogP contribution < -0.4 is 9.64 Å². The zero-order valence-corrected chi connectivity index (χ0v) is 17.9. The Bertz CT molecular complexity index is 990. The molecule has 1 fully saturated rings. The Morgan fingerprint density at radius 1 is 1.13 bits per heavy atom. The van der Waals surface area contributed by atoms with Crippen molar-refractivity contribution in [3.05, 3.63) is 54.6 Å². The van der Waals surface area contributed by atoms with Crippen molar-refractivity contribution in [2.24, 2.45) is 5.92 Å². The molecule has 0 N–H and O–H groups in total. The zero-order valence-electron chi connectivity index (χ0n) is 17.9. The molecule has 8 nitrogen and oxygen atoms in total. The van der Waals surface area contributed by atoms with Crippen LogP contribution in [0.3, 0.4) is 0 Å². The van der Waals surface area contributed by atoms with Gasteiger partial charge in [0.1, 0.15) is 5.75 Å². The van der Waals surface area contributed by atoms with E-state index in [1.54, 1.807) is 19.3 Å². The Morgan fingerprint density at radius 3 is 2.61 bits per heavy atom. The molecule has 3 aromatic rings. The summed E-state index contributed by atoms with van der Waals surface area (Å²) in [5, 5.41) is 3.81. The lowest BCUT2D eigenvalue weighted by molar-refractivity contribution is 0.214. The third-order valence-electron chi connectivity index (χ3n) is 5.36. The molecule has 0 spiro atoms. The minimum absolute atomic E-state index is 0.0756. The largest absolute Gasteiger partial charge is 0.493 e. The molecule has 31 heavy (non-hydrogen) atoms. The average Bonchev–Trinajstić information content (AvgIpc) is 3.39. The number of aryl methyl sites for hydroxylation is 1. The van der Waals surface area contributed by atoms with Gasteiger partial charge in [0.05, 0.1) is 6.61 Å². The van der Waals surface area contributed by atoms with Crippen LogP contribution in [0.5, 0.6) is 5.75 Å². The van der Waals surface area contributed by atoms with Gasteiger partial charge in [0.2, 0.25) is 0 Å². The Labute approximate surface area is 181 Å². The second-order valence-corrected chi connectivity index (χ2v) is 7.86. The molecule has 0 saturated carbocycles. The fourth-order valence-corrected chi connectivity index (χ4v) is 3.61. The molecule has 1 saturated heterocycles. The zero-order chi connectivity index (χ0) is 21.6. The number of anilines is 1. The van der Waals surface area contributed by atoms with E-state index in [9.17, 15) is 4.79 Å². The van der Waals surface area contributed by atoms with Crippen molar-refractivity contribution in [3.63, 3.8) is 0 Å². The van der Waals surface area contributed by atoms with Crippen LogP contribution in [0.25, 0.3) is 11.5 Å². The Balaban J connectivity index is 1.18. The number of urea groups is 1. The molecule has 0 aliphatic carbocycles. The first kappa shape index (κ1) is 20.8. The molecule has 1 aliphatic heterocycles. The molecule has 162 valence electrons. The minimum Gasteiger partial charge on any atom is -0.493 e. The van der Waals surface area contributed by atoms with Crippen LogP contribution in [0.15, 0.2) is 53.3 Å². The predicted molar refractivity (Wildman–Crippen MR) is 117 cm³/mol. The van der Waals surface area contributed by atoms with Crippen molar-refractivity contribution in [3.8, 4) is 17.2 Å². The molecule has 8 heteroatoms. The van der Waals surface area contributed by atoms with Crippen molar-refractivity contribution in [1.29, 1.82) is 0 Å². The van der Waals surface area contributed by atoms with Crippen molar-refractivity contribution < 1.29 is 14.1 Å². The third-order valence-corrected chi connectivity index (χ3v) is 5.36. The molecule has 3 heterocycles. The highest BCUT2D eigenvalue weighted by molar-refractivity contribution is 5.93. The first-order valence-electron chi connectivity index (χ1n) is 10.6. The molecule has 2 amide bonds. The highest BCUT2D eigenvalue weighted by atomic mass is 16.5. The summed E-state index contributed by atoms with van der Waals surface area (Å²) in [7, 11) is 0. The number of carbonyl (C=O) groups is 1. The smallest absolute Gasteiger partial charge is 0.324 e. The summed E-state index contributed by atoms with van der Waals surface area (Å²) in [4.78, 5) is 24.6. The fourth-order valence-electron chi connectivity index (χ4n) is 3.61. The number of benzene rings is 1. The molecule has 1 unspecified atom stereocenters. The van der Waals surface area contributed by atoms with Crippen LogP contribution in [0.4, 0.5) is 10.5 Å². The van der Waals surface area contributed by atoms with Gasteiger partial charge in [-0.3, -0.25) is 9.88 Å². The number of hydrogen-bond acceptors (Lipinski definition) is 6. The van der Waals surface area contributed by atoms with Gasteiger partial charge in [-0.2, -0.15) is 4.98 Å². The van der Waals surface area contributed by atoms with E-state index in [0.29, 0.717) is 24.2 Å². The van der Waals surface area contributed by atoms with Crippen LogP contribution in [-0.4, -0.2) is 52.3 Å². The lowest BCUT2D eigenvalue weighted by Crippen LogP contribution is -2.32. The number of amides is 2. The molecule has 1 aliphatic rings. The predicted octanol–water partition coefficient (Wildman–Crippen LogP) is 4.18. The quantitative estimate of drug-likeness (QED) is 0.515. The minimum atomic E-state index is 0.0756. The van der Waals surface area contributed by atoms with Crippen molar-refractivity contribution in [1.82, 2.24) is 20.0 Å². The highest BCUT2D eigenvalue weighted by Gasteiger charge is 2.28.